The molecule has 2 N–H and O–H groups in total. The number of aryl methyl sites for hydroxylation is 2. The monoisotopic (exact) mass is 615 g/mol. The highest BCUT2D eigenvalue weighted by Gasteiger charge is 2.43. The molecule has 0 saturated carbocycles. The van der Waals surface area contributed by atoms with Crippen molar-refractivity contribution < 1.29 is 32.2 Å². The Morgan fingerprint density at radius 3 is 1.33 bits per heavy atom. The maximum atomic E-state index is 16.2. The van der Waals surface area contributed by atoms with E-state index in [1.165, 1.54) is 24.3 Å². The van der Waals surface area contributed by atoms with Gasteiger partial charge in [0.25, 0.3) is 0 Å². The van der Waals surface area contributed by atoms with Gasteiger partial charge >= 0.3 is 0 Å². The second kappa shape index (κ2) is 11.1. The molecule has 0 aliphatic carbocycles. The molecule has 0 saturated heterocycles. The second-order valence-electron chi connectivity index (χ2n) is 12.8. The van der Waals surface area contributed by atoms with Crippen LogP contribution in [0.3, 0.4) is 0 Å². The molecule has 0 fully saturated rings. The summed E-state index contributed by atoms with van der Waals surface area (Å²) < 4.78 is 81.9. The van der Waals surface area contributed by atoms with E-state index in [1.807, 2.05) is 41.5 Å². The van der Waals surface area contributed by atoms with Gasteiger partial charge in [0.15, 0.2) is 23.3 Å². The van der Waals surface area contributed by atoms with Crippen molar-refractivity contribution in [2.45, 2.75) is 66.2 Å². The predicted molar refractivity (Wildman–Crippen MR) is 164 cm³/mol. The molecule has 228 valence electrons. The van der Waals surface area contributed by atoms with Crippen molar-refractivity contribution in [3.05, 3.63) is 106 Å². The summed E-state index contributed by atoms with van der Waals surface area (Å²) in [4.78, 5) is 0. The van der Waals surface area contributed by atoms with Crippen molar-refractivity contribution >= 4 is 28.7 Å². The smallest absolute Gasteiger partial charge is 0.200 e. The Morgan fingerprint density at radius 2 is 0.953 bits per heavy atom. The largest absolute Gasteiger partial charge is 0.507 e. The first kappa shape index (κ1) is 32.3. The highest BCUT2D eigenvalue weighted by atomic mass is 31.2. The van der Waals surface area contributed by atoms with Crippen molar-refractivity contribution in [1.82, 2.24) is 0 Å². The summed E-state index contributed by atoms with van der Waals surface area (Å²) in [6, 6.07) is 14.2. The summed E-state index contributed by atoms with van der Waals surface area (Å²) in [6.45, 7) is 14.3. The van der Waals surface area contributed by atoms with Gasteiger partial charge in [-0.15, -0.1) is 0 Å². The average molecular weight is 616 g/mol. The SMILES string of the molecule is Cc1cc(C(C)(C)C)c(O)c(P(=Nc2ccccc2)(c2cc(C)cc(C(C)(C)C)c2O)c2c(F)c(F)c(F)c(F)c2F)c1. The highest BCUT2D eigenvalue weighted by molar-refractivity contribution is 7.87. The Balaban J connectivity index is 2.49. The van der Waals surface area contributed by atoms with Crippen LogP contribution in [0.1, 0.15) is 63.8 Å². The minimum absolute atomic E-state index is 0.148. The van der Waals surface area contributed by atoms with Crippen LogP contribution < -0.4 is 15.9 Å². The molecule has 3 nitrogen and oxygen atoms in total. The van der Waals surface area contributed by atoms with Crippen LogP contribution in [-0.2, 0) is 10.8 Å². The first-order chi connectivity index (χ1) is 19.8. The minimum atomic E-state index is -4.52. The van der Waals surface area contributed by atoms with Gasteiger partial charge in [-0.1, -0.05) is 71.9 Å². The van der Waals surface area contributed by atoms with Crippen LogP contribution in [-0.4, -0.2) is 10.2 Å². The predicted octanol–water partition coefficient (Wildman–Crippen LogP) is 8.81. The van der Waals surface area contributed by atoms with Gasteiger partial charge < -0.3 is 10.2 Å². The summed E-state index contributed by atoms with van der Waals surface area (Å²) in [6.07, 6.45) is 0. The molecular formula is C34H35F5NO2P. The number of halogens is 5. The molecule has 0 atom stereocenters. The normalized spacial score (nSPS) is 12.5. The van der Waals surface area contributed by atoms with E-state index >= 15 is 17.6 Å². The van der Waals surface area contributed by atoms with Crippen molar-refractivity contribution in [1.29, 1.82) is 0 Å². The summed E-state index contributed by atoms with van der Waals surface area (Å²) in [7, 11) is -4.52. The van der Waals surface area contributed by atoms with E-state index in [4.69, 9.17) is 4.74 Å². The van der Waals surface area contributed by atoms with Crippen LogP contribution >= 0.6 is 7.05 Å². The molecule has 43 heavy (non-hydrogen) atoms. The number of hydrogen-bond acceptors (Lipinski definition) is 3. The quantitative estimate of drug-likeness (QED) is 0.104. The molecule has 0 heterocycles. The zero-order valence-corrected chi connectivity index (χ0v) is 26.3. The number of nitrogens with zero attached hydrogens (tertiary/aromatic N) is 1. The van der Waals surface area contributed by atoms with Gasteiger partial charge in [-0.3, -0.25) is 4.74 Å². The highest BCUT2D eigenvalue weighted by Crippen LogP contribution is 2.56. The third kappa shape index (κ3) is 5.58. The summed E-state index contributed by atoms with van der Waals surface area (Å²) in [5.74, 6) is -11.6. The van der Waals surface area contributed by atoms with Gasteiger partial charge in [-0.05, 0) is 60.1 Å². The molecule has 0 aliphatic rings. The lowest BCUT2D eigenvalue weighted by Gasteiger charge is -2.33. The van der Waals surface area contributed by atoms with Crippen LogP contribution in [0.15, 0.2) is 59.3 Å². The fourth-order valence-corrected chi connectivity index (χ4v) is 9.17. The second-order valence-corrected chi connectivity index (χ2v) is 15.7. The van der Waals surface area contributed by atoms with Gasteiger partial charge in [0, 0.05) is 21.7 Å². The fourth-order valence-electron chi connectivity index (χ4n) is 5.23. The Hall–Kier alpha value is -3.64. The van der Waals surface area contributed by atoms with Crippen LogP contribution in [0.4, 0.5) is 27.6 Å². The first-order valence-corrected chi connectivity index (χ1v) is 15.4. The molecule has 0 amide bonds. The zero-order chi connectivity index (χ0) is 32.2. The molecule has 0 aliphatic heterocycles. The van der Waals surface area contributed by atoms with Crippen LogP contribution in [0.2, 0.25) is 0 Å². The maximum absolute atomic E-state index is 16.2. The third-order valence-electron chi connectivity index (χ3n) is 7.31. The van der Waals surface area contributed by atoms with Crippen molar-refractivity contribution in [3.8, 4) is 11.5 Å². The van der Waals surface area contributed by atoms with E-state index in [-0.39, 0.29) is 16.3 Å². The lowest BCUT2D eigenvalue weighted by atomic mass is 9.85. The number of benzene rings is 4. The molecule has 0 unspecified atom stereocenters. The van der Waals surface area contributed by atoms with Crippen molar-refractivity contribution in [2.24, 2.45) is 4.74 Å². The molecular weight excluding hydrogens is 580 g/mol. The number of phenols is 2. The summed E-state index contributed by atoms with van der Waals surface area (Å²) in [5.41, 5.74) is 0.611. The topological polar surface area (TPSA) is 52.8 Å². The van der Waals surface area contributed by atoms with Gasteiger partial charge in [0.05, 0.1) is 18.0 Å². The van der Waals surface area contributed by atoms with Gasteiger partial charge in [-0.25, -0.2) is 22.0 Å². The van der Waals surface area contributed by atoms with E-state index in [0.717, 1.165) is 0 Å². The van der Waals surface area contributed by atoms with Crippen LogP contribution in [0, 0.1) is 42.9 Å². The van der Waals surface area contributed by atoms with E-state index in [1.54, 1.807) is 44.2 Å². The zero-order valence-electron chi connectivity index (χ0n) is 25.4. The fraction of sp³-hybridized carbons (Fsp3) is 0.294. The summed E-state index contributed by atoms with van der Waals surface area (Å²) in [5, 5.41) is 22.3. The molecule has 4 rings (SSSR count). The third-order valence-corrected chi connectivity index (χ3v) is 11.0. The molecule has 4 aromatic rings. The average Bonchev–Trinajstić information content (AvgIpc) is 2.91. The molecule has 4 aromatic carbocycles. The molecule has 0 radical (unpaired) electrons. The Kier molecular flexibility index (Phi) is 8.35. The lowest BCUT2D eigenvalue weighted by Crippen LogP contribution is -2.34. The first-order valence-electron chi connectivity index (χ1n) is 13.7. The van der Waals surface area contributed by atoms with Crippen molar-refractivity contribution in [3.63, 3.8) is 0 Å². The molecule has 0 spiro atoms. The van der Waals surface area contributed by atoms with Gasteiger partial charge in [0.2, 0.25) is 5.82 Å². The number of aromatic hydroxyl groups is 2. The van der Waals surface area contributed by atoms with Crippen LogP contribution in [0.25, 0.3) is 0 Å². The lowest BCUT2D eigenvalue weighted by molar-refractivity contribution is 0.384. The van der Waals surface area contributed by atoms with Crippen LogP contribution in [0.5, 0.6) is 11.5 Å². The number of phenolic OH excluding ortho intramolecular Hbond substituents is 2. The molecule has 9 heteroatoms. The van der Waals surface area contributed by atoms with Gasteiger partial charge in [-0.2, -0.15) is 0 Å². The Morgan fingerprint density at radius 1 is 0.581 bits per heavy atom. The molecule has 0 aromatic heterocycles. The van der Waals surface area contributed by atoms with E-state index in [2.05, 4.69) is 0 Å². The summed E-state index contributed by atoms with van der Waals surface area (Å²) >= 11 is 0. The Labute approximate surface area is 249 Å². The number of rotatable bonds is 4. The van der Waals surface area contributed by atoms with Gasteiger partial charge in [0.1, 0.15) is 11.5 Å². The van der Waals surface area contributed by atoms with Crippen molar-refractivity contribution in [2.75, 3.05) is 0 Å². The molecule has 0 bridgehead atoms. The standard InChI is InChI=1S/C34H35F5NO2P/c1-18-14-21(33(3,4)5)30(41)23(16-18)43(40-20-12-10-9-11-13-20,32-28(38)26(36)25(35)27(37)29(32)39)24-17-19(2)15-22(31(24)42)34(6,7)8/h9-17,41-42H,1-8H3. The maximum Gasteiger partial charge on any atom is 0.200 e. The van der Waals surface area contributed by atoms with E-state index < -0.39 is 63.8 Å². The van der Waals surface area contributed by atoms with E-state index in [9.17, 15) is 14.6 Å². The van der Waals surface area contributed by atoms with E-state index in [0.29, 0.717) is 22.3 Å². The number of hydrogen-bond donors (Lipinski definition) is 2. The minimum Gasteiger partial charge on any atom is -0.507 e. The Bertz CT molecular complexity index is 1690.